The van der Waals surface area contributed by atoms with Crippen molar-refractivity contribution >= 4 is 39.6 Å². The molecular weight excluding hydrogens is 490 g/mol. The van der Waals surface area contributed by atoms with E-state index in [0.717, 1.165) is 27.7 Å². The van der Waals surface area contributed by atoms with Crippen molar-refractivity contribution in [3.63, 3.8) is 0 Å². The fourth-order valence-corrected chi connectivity index (χ4v) is 5.05. The van der Waals surface area contributed by atoms with E-state index < -0.39 is 17.1 Å². The quantitative estimate of drug-likeness (QED) is 0.397. The van der Waals surface area contributed by atoms with E-state index in [2.05, 4.69) is 9.71 Å². The Bertz CT molecular complexity index is 1200. The molecule has 188 valence electrons. The second-order valence-electron chi connectivity index (χ2n) is 8.27. The zero-order chi connectivity index (χ0) is 24.9. The summed E-state index contributed by atoms with van der Waals surface area (Å²) < 4.78 is 25.3. The number of halogens is 1. The molecule has 2 heterocycles. The molecule has 8 nitrogen and oxygen atoms in total. The minimum absolute atomic E-state index is 0.0680. The van der Waals surface area contributed by atoms with E-state index in [1.807, 2.05) is 42.5 Å². The number of carbonyl (C=O) groups excluding carboxylic acids is 1. The van der Waals surface area contributed by atoms with Crippen LogP contribution >= 0.6 is 11.6 Å². The molecule has 1 amide bonds. The van der Waals surface area contributed by atoms with Crippen LogP contribution in [0.15, 0.2) is 42.5 Å². The fourth-order valence-electron chi connectivity index (χ4n) is 4.30. The number of rotatable bonds is 9. The summed E-state index contributed by atoms with van der Waals surface area (Å²) >= 11 is 6.25. The Morgan fingerprint density at radius 1 is 1.29 bits per heavy atom. The van der Waals surface area contributed by atoms with Gasteiger partial charge in [-0.25, -0.2) is 13.7 Å². The average Bonchev–Trinajstić information content (AvgIpc) is 3.23. The van der Waals surface area contributed by atoms with Gasteiger partial charge in [-0.05, 0) is 54.8 Å². The number of hydrogen-bond donors (Lipinski definition) is 3. The number of ether oxygens (including phenoxy) is 2. The Balaban J connectivity index is 1.57. The van der Waals surface area contributed by atoms with Gasteiger partial charge in [-0.15, -0.1) is 0 Å². The molecule has 0 radical (unpaired) electrons. The van der Waals surface area contributed by atoms with Crippen molar-refractivity contribution in [2.45, 2.75) is 32.4 Å². The van der Waals surface area contributed by atoms with Gasteiger partial charge in [0.2, 0.25) is 0 Å². The number of carbonyl (C=O) groups is 1. The van der Waals surface area contributed by atoms with Crippen LogP contribution in [-0.4, -0.2) is 63.5 Å². The molecule has 3 aromatic rings. The highest BCUT2D eigenvalue weighted by atomic mass is 35.5. The summed E-state index contributed by atoms with van der Waals surface area (Å²) in [5.74, 6) is 1.07. The van der Waals surface area contributed by atoms with Crippen molar-refractivity contribution < 1.29 is 23.6 Å². The van der Waals surface area contributed by atoms with Gasteiger partial charge in [0.05, 0.1) is 17.6 Å². The van der Waals surface area contributed by atoms with E-state index in [9.17, 15) is 14.1 Å². The molecule has 2 aromatic carbocycles. The molecule has 10 heteroatoms. The van der Waals surface area contributed by atoms with Crippen molar-refractivity contribution in [1.29, 1.82) is 0 Å². The van der Waals surface area contributed by atoms with E-state index in [-0.39, 0.29) is 25.3 Å². The highest BCUT2D eigenvalue weighted by molar-refractivity contribution is 7.82. The Labute approximate surface area is 212 Å². The van der Waals surface area contributed by atoms with Crippen molar-refractivity contribution in [3.8, 4) is 5.75 Å². The molecule has 0 fully saturated rings. The Morgan fingerprint density at radius 3 is 2.77 bits per heavy atom. The number of aliphatic hydroxyl groups is 1. The summed E-state index contributed by atoms with van der Waals surface area (Å²) in [6.45, 7) is 4.67. The van der Waals surface area contributed by atoms with Gasteiger partial charge in [-0.3, -0.25) is 4.90 Å². The molecule has 0 saturated heterocycles. The number of fused-ring (bicyclic) bond motifs is 3. The van der Waals surface area contributed by atoms with E-state index in [1.165, 1.54) is 0 Å². The number of amides is 1. The normalized spacial score (nSPS) is 17.1. The Hall–Kier alpha value is -2.59. The van der Waals surface area contributed by atoms with Gasteiger partial charge in [0.1, 0.15) is 24.5 Å². The van der Waals surface area contributed by atoms with Gasteiger partial charge >= 0.3 is 6.09 Å². The van der Waals surface area contributed by atoms with Crippen LogP contribution < -0.4 is 9.46 Å². The highest BCUT2D eigenvalue weighted by Crippen LogP contribution is 2.39. The first-order valence-corrected chi connectivity index (χ1v) is 13.4. The number of nitrogens with one attached hydrogen (secondary N) is 2. The summed E-state index contributed by atoms with van der Waals surface area (Å²) in [5.41, 5.74) is 3.97. The lowest BCUT2D eigenvalue weighted by Gasteiger charge is -2.35. The van der Waals surface area contributed by atoms with Crippen LogP contribution in [0, 0.1) is 0 Å². The predicted octanol–water partition coefficient (Wildman–Crippen LogP) is 3.94. The lowest BCUT2D eigenvalue weighted by Crippen LogP contribution is -2.41. The zero-order valence-electron chi connectivity index (χ0n) is 19.8. The largest absolute Gasteiger partial charge is 0.491 e. The molecular formula is C25H30ClN3O5S. The number of aromatic amines is 1. The molecule has 1 aliphatic heterocycles. The molecule has 35 heavy (non-hydrogen) atoms. The zero-order valence-corrected chi connectivity index (χ0v) is 21.3. The molecule has 0 aliphatic carbocycles. The van der Waals surface area contributed by atoms with Crippen LogP contribution in [0.25, 0.3) is 10.9 Å². The van der Waals surface area contributed by atoms with Crippen LogP contribution in [0.4, 0.5) is 4.79 Å². The van der Waals surface area contributed by atoms with E-state index in [4.69, 9.17) is 21.1 Å². The maximum Gasteiger partial charge on any atom is 0.410 e. The van der Waals surface area contributed by atoms with Gasteiger partial charge < -0.3 is 19.6 Å². The van der Waals surface area contributed by atoms with Crippen LogP contribution in [0.5, 0.6) is 5.75 Å². The maximum atomic E-state index is 12.8. The van der Waals surface area contributed by atoms with Gasteiger partial charge in [0, 0.05) is 40.5 Å². The van der Waals surface area contributed by atoms with Crippen molar-refractivity contribution in [3.05, 3.63) is 64.3 Å². The Kier molecular flexibility index (Phi) is 8.33. The first-order chi connectivity index (χ1) is 16.9. The molecule has 0 saturated carbocycles. The third-order valence-corrected chi connectivity index (χ3v) is 7.22. The van der Waals surface area contributed by atoms with Gasteiger partial charge in [0.25, 0.3) is 0 Å². The lowest BCUT2D eigenvalue weighted by molar-refractivity contribution is 0.0931. The van der Waals surface area contributed by atoms with Gasteiger partial charge in [-0.2, -0.15) is 0 Å². The first-order valence-electron chi connectivity index (χ1n) is 11.7. The van der Waals surface area contributed by atoms with E-state index >= 15 is 0 Å². The first kappa shape index (κ1) is 25.5. The monoisotopic (exact) mass is 519 g/mol. The number of benzene rings is 2. The minimum Gasteiger partial charge on any atom is -0.491 e. The van der Waals surface area contributed by atoms with Crippen molar-refractivity contribution in [2.75, 3.05) is 32.1 Å². The lowest BCUT2D eigenvalue weighted by atomic mass is 9.92. The van der Waals surface area contributed by atoms with Crippen LogP contribution in [-0.2, 0) is 22.1 Å². The molecule has 1 aliphatic rings. The molecule has 0 spiro atoms. The SMILES string of the molecule is CCOC(=O)N1CCc2c([nH]c3ccc(Cl)cc23)C1c1ccc(OCC(O)CNS(=O)CC)cc1. The van der Waals surface area contributed by atoms with Crippen LogP contribution in [0.1, 0.15) is 36.7 Å². The third kappa shape index (κ3) is 5.81. The second kappa shape index (κ2) is 11.4. The Morgan fingerprint density at radius 2 is 2.06 bits per heavy atom. The summed E-state index contributed by atoms with van der Waals surface area (Å²) in [4.78, 5) is 18.1. The van der Waals surface area contributed by atoms with E-state index in [0.29, 0.717) is 36.1 Å². The van der Waals surface area contributed by atoms with Crippen molar-refractivity contribution in [1.82, 2.24) is 14.6 Å². The van der Waals surface area contributed by atoms with Crippen LogP contribution in [0.2, 0.25) is 5.02 Å². The molecule has 0 bridgehead atoms. The molecule has 1 aromatic heterocycles. The third-order valence-electron chi connectivity index (χ3n) is 5.97. The fraction of sp³-hybridized carbons (Fsp3) is 0.400. The summed E-state index contributed by atoms with van der Waals surface area (Å²) in [6, 6.07) is 12.9. The summed E-state index contributed by atoms with van der Waals surface area (Å²) in [5, 5.41) is 11.8. The van der Waals surface area contributed by atoms with Gasteiger partial charge in [-0.1, -0.05) is 30.7 Å². The standard InChI is InChI=1S/C25H30ClN3O5S/c1-3-33-25(31)29-12-11-20-21-13-17(26)7-10-22(21)28-23(20)24(29)16-5-8-19(9-6-16)34-15-18(30)14-27-35(32)4-2/h5-10,13,18,24,27-28,30H,3-4,11-12,14-15H2,1-2H3. The second-order valence-corrected chi connectivity index (χ2v) is 10.3. The number of hydrogen-bond acceptors (Lipinski definition) is 5. The number of H-pyrrole nitrogens is 1. The van der Waals surface area contributed by atoms with E-state index in [1.54, 1.807) is 18.7 Å². The highest BCUT2D eigenvalue weighted by Gasteiger charge is 2.35. The molecule has 3 unspecified atom stereocenters. The number of nitrogens with zero attached hydrogens (tertiary/aromatic N) is 1. The van der Waals surface area contributed by atoms with Gasteiger partial charge in [0.15, 0.2) is 0 Å². The summed E-state index contributed by atoms with van der Waals surface area (Å²) in [6.07, 6.45) is -0.454. The number of aliphatic hydroxyl groups excluding tert-OH is 1. The smallest absolute Gasteiger partial charge is 0.410 e. The van der Waals surface area contributed by atoms with Crippen LogP contribution in [0.3, 0.4) is 0 Å². The molecule has 3 atom stereocenters. The number of aromatic nitrogens is 1. The topological polar surface area (TPSA) is 104 Å². The molecule has 4 rings (SSSR count). The minimum atomic E-state index is -1.15. The summed E-state index contributed by atoms with van der Waals surface area (Å²) in [7, 11) is -1.15. The maximum absolute atomic E-state index is 12.8. The molecule has 3 N–H and O–H groups in total. The van der Waals surface area contributed by atoms with Crippen molar-refractivity contribution in [2.24, 2.45) is 0 Å². The average molecular weight is 520 g/mol. The predicted molar refractivity (Wildman–Crippen MR) is 137 cm³/mol.